The molecule has 0 saturated carbocycles. The van der Waals surface area contributed by atoms with E-state index in [1.54, 1.807) is 10.7 Å². The largest absolute Gasteiger partial charge is 0.367 e. The lowest BCUT2D eigenvalue weighted by Gasteiger charge is -2.48. The van der Waals surface area contributed by atoms with Crippen LogP contribution >= 0.6 is 0 Å². The Labute approximate surface area is 173 Å². The van der Waals surface area contributed by atoms with E-state index in [0.717, 1.165) is 41.2 Å². The van der Waals surface area contributed by atoms with E-state index >= 15 is 0 Å². The fourth-order valence-corrected chi connectivity index (χ4v) is 4.97. The summed E-state index contributed by atoms with van der Waals surface area (Å²) in [4.78, 5) is 9.10. The van der Waals surface area contributed by atoms with E-state index in [4.69, 9.17) is 4.98 Å². The molecule has 1 N–H and O–H groups in total. The van der Waals surface area contributed by atoms with Crippen molar-refractivity contribution in [3.05, 3.63) is 42.4 Å². The summed E-state index contributed by atoms with van der Waals surface area (Å²) in [6.45, 7) is 3.05. The van der Waals surface area contributed by atoms with Crippen molar-refractivity contribution in [2.75, 3.05) is 36.0 Å². The predicted octanol–water partition coefficient (Wildman–Crippen LogP) is 2.37. The van der Waals surface area contributed by atoms with Crippen LogP contribution in [0.1, 0.15) is 18.4 Å². The van der Waals surface area contributed by atoms with Gasteiger partial charge in [-0.3, -0.25) is 0 Å². The summed E-state index contributed by atoms with van der Waals surface area (Å²) in [6, 6.07) is 9.54. The molecule has 3 atom stereocenters. The molecule has 7 rings (SSSR count). The Morgan fingerprint density at radius 2 is 1.97 bits per heavy atom. The van der Waals surface area contributed by atoms with E-state index in [2.05, 4.69) is 33.5 Å². The number of hydrogen-bond donors (Lipinski definition) is 1. The zero-order valence-electron chi connectivity index (χ0n) is 16.5. The number of aromatic nitrogens is 3. The molecule has 4 fully saturated rings. The van der Waals surface area contributed by atoms with Crippen LogP contribution in [0, 0.1) is 11.3 Å². The molecular formula is C22H22FN7. The summed E-state index contributed by atoms with van der Waals surface area (Å²) < 4.78 is 15.5. The second-order valence-corrected chi connectivity index (χ2v) is 8.51. The summed E-state index contributed by atoms with van der Waals surface area (Å²) in [5, 5.41) is 17.5. The molecule has 7 heterocycles. The van der Waals surface area contributed by atoms with E-state index in [-0.39, 0.29) is 0 Å². The number of anilines is 2. The third-order valence-electron chi connectivity index (χ3n) is 6.52. The van der Waals surface area contributed by atoms with Crippen LogP contribution in [0.2, 0.25) is 0 Å². The van der Waals surface area contributed by atoms with Gasteiger partial charge in [0.2, 0.25) is 0 Å². The normalized spacial score (nSPS) is 25.4. The van der Waals surface area contributed by atoms with Gasteiger partial charge in [0.05, 0.1) is 29.2 Å². The van der Waals surface area contributed by atoms with Gasteiger partial charge >= 0.3 is 0 Å². The first-order valence-corrected chi connectivity index (χ1v) is 10.5. The van der Waals surface area contributed by atoms with Gasteiger partial charge in [-0.25, -0.2) is 13.9 Å². The number of piperidine rings is 1. The van der Waals surface area contributed by atoms with Crippen molar-refractivity contribution in [2.45, 2.75) is 31.1 Å². The third kappa shape index (κ3) is 2.81. The van der Waals surface area contributed by atoms with Gasteiger partial charge in [0.25, 0.3) is 0 Å². The number of nitriles is 1. The molecule has 0 aromatic carbocycles. The van der Waals surface area contributed by atoms with Gasteiger partial charge in [-0.2, -0.15) is 10.4 Å². The van der Waals surface area contributed by atoms with Crippen molar-refractivity contribution < 1.29 is 4.39 Å². The molecule has 152 valence electrons. The van der Waals surface area contributed by atoms with Crippen LogP contribution in [-0.4, -0.2) is 59.0 Å². The van der Waals surface area contributed by atoms with Gasteiger partial charge in [-0.1, -0.05) is 0 Å². The maximum absolute atomic E-state index is 13.8. The van der Waals surface area contributed by atoms with Crippen LogP contribution in [0.15, 0.2) is 36.8 Å². The second-order valence-electron chi connectivity index (χ2n) is 8.51. The topological polar surface area (TPSA) is 72.5 Å². The molecule has 3 aromatic heterocycles. The van der Waals surface area contributed by atoms with Crippen molar-refractivity contribution in [2.24, 2.45) is 0 Å². The second kappa shape index (κ2) is 6.67. The lowest BCUT2D eigenvalue weighted by atomic mass is 9.91. The summed E-state index contributed by atoms with van der Waals surface area (Å²) in [6.07, 6.45) is 6.33. The van der Waals surface area contributed by atoms with Crippen molar-refractivity contribution in [1.82, 2.24) is 19.9 Å². The Morgan fingerprint density at radius 3 is 2.63 bits per heavy atom. The first-order valence-electron chi connectivity index (χ1n) is 10.5. The number of halogens is 1. The van der Waals surface area contributed by atoms with Gasteiger partial charge < -0.3 is 15.1 Å². The Hall–Kier alpha value is -3.18. The molecule has 0 aliphatic carbocycles. The van der Waals surface area contributed by atoms with Crippen molar-refractivity contribution in [1.29, 1.82) is 5.26 Å². The fourth-order valence-electron chi connectivity index (χ4n) is 4.97. The lowest BCUT2D eigenvalue weighted by molar-refractivity contribution is 0.225. The summed E-state index contributed by atoms with van der Waals surface area (Å²) in [7, 11) is 0. The summed E-state index contributed by atoms with van der Waals surface area (Å²) >= 11 is 0. The maximum Gasteiger partial charge on any atom is 0.128 e. The molecule has 4 saturated heterocycles. The molecule has 4 aliphatic heterocycles. The van der Waals surface area contributed by atoms with Gasteiger partial charge in [0.1, 0.15) is 18.1 Å². The highest BCUT2D eigenvalue weighted by molar-refractivity contribution is 5.86. The van der Waals surface area contributed by atoms with Crippen molar-refractivity contribution in [3.8, 4) is 17.2 Å². The molecule has 30 heavy (non-hydrogen) atoms. The molecule has 2 unspecified atom stereocenters. The SMILES string of the molecule is N#Cc1cnn2cc(N3CC[C@@H](F)C3)cc(-c3ccc(N4CC5CC(C4)N5)nc3)c12. The molecule has 0 spiro atoms. The molecule has 0 amide bonds. The van der Waals surface area contributed by atoms with Crippen LogP contribution in [-0.2, 0) is 0 Å². The van der Waals surface area contributed by atoms with E-state index < -0.39 is 6.17 Å². The third-order valence-corrected chi connectivity index (χ3v) is 6.52. The van der Waals surface area contributed by atoms with Crippen LogP contribution in [0.25, 0.3) is 16.6 Å². The average Bonchev–Trinajstić information content (AvgIpc) is 3.39. The Balaban J connectivity index is 1.40. The Bertz CT molecular complexity index is 1130. The zero-order valence-corrected chi connectivity index (χ0v) is 16.5. The molecular weight excluding hydrogens is 381 g/mol. The Morgan fingerprint density at radius 1 is 1.13 bits per heavy atom. The number of nitrogens with zero attached hydrogens (tertiary/aromatic N) is 6. The number of alkyl halides is 1. The monoisotopic (exact) mass is 403 g/mol. The number of pyridine rings is 2. The number of hydrogen-bond acceptors (Lipinski definition) is 6. The van der Waals surface area contributed by atoms with Gasteiger partial charge in [0.15, 0.2) is 0 Å². The highest BCUT2D eigenvalue weighted by Crippen LogP contribution is 2.33. The first-order chi connectivity index (χ1) is 14.7. The minimum Gasteiger partial charge on any atom is -0.367 e. The minimum absolute atomic E-state index is 0.389. The van der Waals surface area contributed by atoms with Gasteiger partial charge in [0, 0.05) is 55.6 Å². The molecule has 2 bridgehead atoms. The molecule has 7 nitrogen and oxygen atoms in total. The van der Waals surface area contributed by atoms with Crippen molar-refractivity contribution in [3.63, 3.8) is 0 Å². The summed E-state index contributed by atoms with van der Waals surface area (Å²) in [5.74, 6) is 0.982. The quantitative estimate of drug-likeness (QED) is 0.724. The van der Waals surface area contributed by atoms with Crippen LogP contribution in [0.3, 0.4) is 0 Å². The van der Waals surface area contributed by atoms with Crippen LogP contribution < -0.4 is 15.1 Å². The van der Waals surface area contributed by atoms with E-state index in [0.29, 0.717) is 37.2 Å². The van der Waals surface area contributed by atoms with Crippen molar-refractivity contribution >= 4 is 17.0 Å². The molecule has 3 aromatic rings. The number of fused-ring (bicyclic) bond motifs is 3. The Kier molecular flexibility index (Phi) is 3.93. The van der Waals surface area contributed by atoms with Gasteiger partial charge in [-0.05, 0) is 31.0 Å². The number of rotatable bonds is 3. The van der Waals surface area contributed by atoms with E-state index in [1.165, 1.54) is 6.42 Å². The van der Waals surface area contributed by atoms with Crippen LogP contribution in [0.5, 0.6) is 0 Å². The van der Waals surface area contributed by atoms with E-state index in [9.17, 15) is 9.65 Å². The average molecular weight is 403 g/mol. The van der Waals surface area contributed by atoms with Gasteiger partial charge in [-0.15, -0.1) is 0 Å². The van der Waals surface area contributed by atoms with Crippen LogP contribution in [0.4, 0.5) is 15.9 Å². The molecule has 4 aliphatic rings. The molecule has 0 radical (unpaired) electrons. The standard InChI is InChI=1S/C22H22FN7/c23-16-3-4-28(10-16)19-6-20(22-15(7-24)9-26-30(22)13-19)14-1-2-21(25-8-14)29-11-17-5-18(12-29)27-17/h1-2,6,8-9,13,16-18,27H,3-5,10-12H2/t16-,17?,18?/m1/s1. The fraction of sp³-hybridized carbons (Fsp3) is 0.409. The number of nitrogens with one attached hydrogen (secondary N) is 1. The highest BCUT2D eigenvalue weighted by Gasteiger charge is 2.36. The van der Waals surface area contributed by atoms with E-state index in [1.807, 2.05) is 23.4 Å². The first kappa shape index (κ1) is 17.7. The zero-order chi connectivity index (χ0) is 20.2. The predicted molar refractivity (Wildman–Crippen MR) is 112 cm³/mol. The summed E-state index contributed by atoms with van der Waals surface area (Å²) in [5.41, 5.74) is 4.02. The molecule has 8 heteroatoms. The highest BCUT2D eigenvalue weighted by atomic mass is 19.1. The maximum atomic E-state index is 13.8. The minimum atomic E-state index is -0.803. The lowest BCUT2D eigenvalue weighted by Crippen LogP contribution is -2.67. The smallest absolute Gasteiger partial charge is 0.128 e. The number of piperazine rings is 1.